The van der Waals surface area contributed by atoms with Crippen molar-refractivity contribution in [2.75, 3.05) is 5.32 Å². The standard InChI is InChI=1S/C25H20N4O5/c1-15(30)26-20-6-4-5-17(12-20)23-14-29(28-27-23)13-16-9-18(11-19(10-16)24(31)32)21-7-2-3-8-22(21)25(33)34/h2-12,14H,13H2,1H3,(H,26,30)(H,31,32)(H,33,34). The number of benzene rings is 3. The third kappa shape index (κ3) is 4.99. The van der Waals surface area contributed by atoms with Gasteiger partial charge in [0, 0.05) is 18.2 Å². The normalized spacial score (nSPS) is 10.6. The molecule has 9 heteroatoms. The second-order valence-electron chi connectivity index (χ2n) is 7.64. The zero-order valence-electron chi connectivity index (χ0n) is 18.1. The van der Waals surface area contributed by atoms with Gasteiger partial charge in [-0.1, -0.05) is 35.5 Å². The zero-order valence-corrected chi connectivity index (χ0v) is 18.1. The van der Waals surface area contributed by atoms with Crippen LogP contribution in [0.15, 0.2) is 72.9 Å². The molecule has 0 unspecified atom stereocenters. The fourth-order valence-corrected chi connectivity index (χ4v) is 3.64. The van der Waals surface area contributed by atoms with Crippen molar-refractivity contribution in [1.29, 1.82) is 0 Å². The van der Waals surface area contributed by atoms with Crippen LogP contribution in [0, 0.1) is 0 Å². The summed E-state index contributed by atoms with van der Waals surface area (Å²) in [4.78, 5) is 34.7. The van der Waals surface area contributed by atoms with Gasteiger partial charge in [0.1, 0.15) is 5.69 Å². The molecule has 3 aromatic carbocycles. The van der Waals surface area contributed by atoms with E-state index in [1.54, 1.807) is 53.3 Å². The van der Waals surface area contributed by atoms with Gasteiger partial charge in [-0.15, -0.1) is 5.10 Å². The molecule has 1 amide bonds. The van der Waals surface area contributed by atoms with Crippen molar-refractivity contribution < 1.29 is 24.6 Å². The monoisotopic (exact) mass is 456 g/mol. The summed E-state index contributed by atoms with van der Waals surface area (Å²) < 4.78 is 1.56. The molecule has 4 rings (SSSR count). The summed E-state index contributed by atoms with van der Waals surface area (Å²) >= 11 is 0. The molecule has 0 saturated heterocycles. The molecule has 3 N–H and O–H groups in total. The van der Waals surface area contributed by atoms with E-state index in [1.807, 2.05) is 6.07 Å². The molecule has 0 aliphatic carbocycles. The Kier molecular flexibility index (Phi) is 6.18. The Morgan fingerprint density at radius 1 is 0.912 bits per heavy atom. The summed E-state index contributed by atoms with van der Waals surface area (Å²) in [6, 6.07) is 18.3. The van der Waals surface area contributed by atoms with Crippen LogP contribution in [0.4, 0.5) is 5.69 Å². The van der Waals surface area contributed by atoms with Crippen LogP contribution < -0.4 is 5.32 Å². The first-order chi connectivity index (χ1) is 16.3. The van der Waals surface area contributed by atoms with Gasteiger partial charge in [0.25, 0.3) is 0 Å². The second kappa shape index (κ2) is 9.37. The highest BCUT2D eigenvalue weighted by molar-refractivity contribution is 5.97. The lowest BCUT2D eigenvalue weighted by molar-refractivity contribution is -0.114. The molecule has 0 fully saturated rings. The average Bonchev–Trinajstić information content (AvgIpc) is 3.27. The van der Waals surface area contributed by atoms with Crippen LogP contribution in [-0.4, -0.2) is 43.1 Å². The van der Waals surface area contributed by atoms with Crippen LogP contribution in [0.2, 0.25) is 0 Å². The summed E-state index contributed by atoms with van der Waals surface area (Å²) in [5.41, 5.74) is 3.62. The first-order valence-corrected chi connectivity index (χ1v) is 10.3. The number of nitrogens with zero attached hydrogens (tertiary/aromatic N) is 3. The molecule has 0 spiro atoms. The molecule has 0 aliphatic rings. The van der Waals surface area contributed by atoms with Gasteiger partial charge < -0.3 is 15.5 Å². The van der Waals surface area contributed by atoms with E-state index in [4.69, 9.17) is 0 Å². The van der Waals surface area contributed by atoms with Crippen molar-refractivity contribution in [3.05, 3.63) is 89.6 Å². The van der Waals surface area contributed by atoms with Gasteiger partial charge in [-0.25, -0.2) is 14.3 Å². The molecule has 0 bridgehead atoms. The number of hydrogen-bond donors (Lipinski definition) is 3. The number of nitrogens with one attached hydrogen (secondary N) is 1. The van der Waals surface area contributed by atoms with Crippen molar-refractivity contribution in [1.82, 2.24) is 15.0 Å². The van der Waals surface area contributed by atoms with Crippen LogP contribution in [0.5, 0.6) is 0 Å². The highest BCUT2D eigenvalue weighted by atomic mass is 16.4. The summed E-state index contributed by atoms with van der Waals surface area (Å²) in [5, 5.41) is 30.2. The maximum Gasteiger partial charge on any atom is 0.336 e. The maximum atomic E-state index is 11.7. The van der Waals surface area contributed by atoms with E-state index in [0.717, 1.165) is 5.56 Å². The Balaban J connectivity index is 1.67. The predicted octanol–water partition coefficient (Wildman–Crippen LogP) is 4.02. The summed E-state index contributed by atoms with van der Waals surface area (Å²) in [6.07, 6.45) is 1.71. The van der Waals surface area contributed by atoms with Gasteiger partial charge in [0.05, 0.1) is 23.9 Å². The van der Waals surface area contributed by atoms with Gasteiger partial charge in [0.15, 0.2) is 0 Å². The minimum absolute atomic E-state index is 0.0380. The largest absolute Gasteiger partial charge is 0.478 e. The van der Waals surface area contributed by atoms with E-state index in [9.17, 15) is 24.6 Å². The van der Waals surface area contributed by atoms with E-state index in [1.165, 1.54) is 25.1 Å². The Hall–Kier alpha value is -4.79. The topological polar surface area (TPSA) is 134 Å². The average molecular weight is 456 g/mol. The quantitative estimate of drug-likeness (QED) is 0.382. The summed E-state index contributed by atoms with van der Waals surface area (Å²) in [7, 11) is 0. The molecular formula is C25H20N4O5. The van der Waals surface area contributed by atoms with Crippen LogP contribution in [0.25, 0.3) is 22.4 Å². The number of hydrogen-bond acceptors (Lipinski definition) is 5. The van der Waals surface area contributed by atoms with E-state index < -0.39 is 11.9 Å². The number of aromatic carboxylic acids is 2. The first kappa shape index (κ1) is 22.4. The highest BCUT2D eigenvalue weighted by Gasteiger charge is 2.15. The number of aromatic nitrogens is 3. The van der Waals surface area contributed by atoms with Crippen molar-refractivity contribution in [2.45, 2.75) is 13.5 Å². The minimum atomic E-state index is -1.12. The Morgan fingerprint density at radius 2 is 1.71 bits per heavy atom. The minimum Gasteiger partial charge on any atom is -0.478 e. The molecule has 9 nitrogen and oxygen atoms in total. The molecule has 170 valence electrons. The van der Waals surface area contributed by atoms with Crippen molar-refractivity contribution in [3.8, 4) is 22.4 Å². The molecule has 1 heterocycles. The van der Waals surface area contributed by atoms with Gasteiger partial charge in [-0.05, 0) is 53.1 Å². The van der Waals surface area contributed by atoms with Gasteiger partial charge in [-0.3, -0.25) is 4.79 Å². The smallest absolute Gasteiger partial charge is 0.336 e. The molecule has 0 atom stereocenters. The van der Waals surface area contributed by atoms with Gasteiger partial charge >= 0.3 is 11.9 Å². The summed E-state index contributed by atoms with van der Waals surface area (Å²) in [5.74, 6) is -2.40. The highest BCUT2D eigenvalue weighted by Crippen LogP contribution is 2.27. The first-order valence-electron chi connectivity index (χ1n) is 10.3. The Morgan fingerprint density at radius 3 is 2.44 bits per heavy atom. The second-order valence-corrected chi connectivity index (χ2v) is 7.64. The number of carbonyl (C=O) groups is 3. The molecule has 4 aromatic rings. The third-order valence-corrected chi connectivity index (χ3v) is 5.07. The number of carboxylic acids is 2. The lowest BCUT2D eigenvalue weighted by atomic mass is 9.96. The third-order valence-electron chi connectivity index (χ3n) is 5.07. The fraction of sp³-hybridized carbons (Fsp3) is 0.0800. The molecule has 0 radical (unpaired) electrons. The van der Waals surface area contributed by atoms with E-state index in [2.05, 4.69) is 15.6 Å². The molecule has 1 aromatic heterocycles. The molecular weight excluding hydrogens is 436 g/mol. The Bertz CT molecular complexity index is 1410. The van der Waals surface area contributed by atoms with Crippen molar-refractivity contribution >= 4 is 23.5 Å². The lowest BCUT2D eigenvalue weighted by Gasteiger charge is -2.10. The van der Waals surface area contributed by atoms with Crippen molar-refractivity contribution in [2.24, 2.45) is 0 Å². The predicted molar refractivity (Wildman–Crippen MR) is 125 cm³/mol. The number of amides is 1. The number of carboxylic acid groups (broad SMARTS) is 2. The SMILES string of the molecule is CC(=O)Nc1cccc(-c2cn(Cc3cc(C(=O)O)cc(-c4ccccc4C(=O)O)c3)nn2)c1. The molecule has 0 aliphatic heterocycles. The van der Waals surface area contributed by atoms with Crippen LogP contribution >= 0.6 is 0 Å². The molecule has 34 heavy (non-hydrogen) atoms. The van der Waals surface area contributed by atoms with Gasteiger partial charge in [0.2, 0.25) is 5.91 Å². The van der Waals surface area contributed by atoms with Crippen LogP contribution in [-0.2, 0) is 11.3 Å². The number of anilines is 1. The lowest BCUT2D eigenvalue weighted by Crippen LogP contribution is -2.05. The number of rotatable bonds is 7. The maximum absolute atomic E-state index is 11.7. The van der Waals surface area contributed by atoms with Crippen LogP contribution in [0.3, 0.4) is 0 Å². The molecule has 0 saturated carbocycles. The summed E-state index contributed by atoms with van der Waals surface area (Å²) in [6.45, 7) is 1.65. The van der Waals surface area contributed by atoms with E-state index in [0.29, 0.717) is 28.1 Å². The van der Waals surface area contributed by atoms with Gasteiger partial charge in [-0.2, -0.15) is 0 Å². The zero-order chi connectivity index (χ0) is 24.2. The number of carbonyl (C=O) groups excluding carboxylic acids is 1. The van der Waals surface area contributed by atoms with E-state index >= 15 is 0 Å². The fourth-order valence-electron chi connectivity index (χ4n) is 3.64. The van der Waals surface area contributed by atoms with Crippen LogP contribution in [0.1, 0.15) is 33.2 Å². The van der Waals surface area contributed by atoms with E-state index in [-0.39, 0.29) is 23.6 Å². The Labute approximate surface area is 194 Å². The van der Waals surface area contributed by atoms with Crippen molar-refractivity contribution in [3.63, 3.8) is 0 Å².